The molecule has 0 aromatic carbocycles. The Morgan fingerprint density at radius 3 is 2.79 bits per heavy atom. The normalized spacial score (nSPS) is 9.95. The molecule has 19 heavy (non-hydrogen) atoms. The van der Waals surface area contributed by atoms with Crippen LogP contribution in [0.25, 0.3) is 0 Å². The largest absolute Gasteiger partial charge is 0.435 e. The number of carbonyl (C=O) groups is 2. The van der Waals surface area contributed by atoms with E-state index in [4.69, 9.17) is 4.42 Å². The van der Waals surface area contributed by atoms with Crippen LogP contribution in [0.5, 0.6) is 0 Å². The van der Waals surface area contributed by atoms with Crippen molar-refractivity contribution in [3.8, 4) is 0 Å². The molecule has 0 aliphatic carbocycles. The molecule has 0 spiro atoms. The average molecular weight is 259 g/mol. The van der Waals surface area contributed by atoms with Gasteiger partial charge in [-0.1, -0.05) is 6.07 Å². The molecule has 0 saturated heterocycles. The van der Waals surface area contributed by atoms with Gasteiger partial charge in [0.1, 0.15) is 0 Å². The van der Waals surface area contributed by atoms with Crippen LogP contribution < -0.4 is 10.6 Å². The molecule has 2 N–H and O–H groups in total. The lowest BCUT2D eigenvalue weighted by molar-refractivity contribution is -0.114. The van der Waals surface area contributed by atoms with Crippen LogP contribution in [-0.4, -0.2) is 16.8 Å². The summed E-state index contributed by atoms with van der Waals surface area (Å²) < 4.78 is 5.18. The van der Waals surface area contributed by atoms with Crippen molar-refractivity contribution < 1.29 is 14.0 Å². The summed E-state index contributed by atoms with van der Waals surface area (Å²) >= 11 is 0. The molecule has 0 aliphatic rings. The van der Waals surface area contributed by atoms with E-state index in [-0.39, 0.29) is 23.5 Å². The van der Waals surface area contributed by atoms with Gasteiger partial charge in [0, 0.05) is 19.2 Å². The third-order valence-electron chi connectivity index (χ3n) is 2.29. The van der Waals surface area contributed by atoms with E-state index in [2.05, 4.69) is 15.6 Å². The number of pyridine rings is 1. The number of nitrogens with one attached hydrogen (secondary N) is 2. The fourth-order valence-electron chi connectivity index (χ4n) is 1.46. The molecule has 98 valence electrons. The topological polar surface area (TPSA) is 84.2 Å². The SMILES string of the molecule is CC(=O)Nc1ccc(C(=O)NCc2ccccn2)o1. The van der Waals surface area contributed by atoms with Crippen molar-refractivity contribution in [1.82, 2.24) is 10.3 Å². The number of furan rings is 1. The first-order chi connectivity index (χ1) is 9.15. The lowest BCUT2D eigenvalue weighted by atomic mass is 10.3. The summed E-state index contributed by atoms with van der Waals surface area (Å²) in [5.41, 5.74) is 0.754. The highest BCUT2D eigenvalue weighted by Gasteiger charge is 2.11. The number of hydrogen-bond donors (Lipinski definition) is 2. The van der Waals surface area contributed by atoms with Crippen LogP contribution in [0.1, 0.15) is 23.2 Å². The zero-order valence-corrected chi connectivity index (χ0v) is 10.3. The summed E-state index contributed by atoms with van der Waals surface area (Å²) in [5, 5.41) is 5.13. The number of anilines is 1. The Morgan fingerprint density at radius 2 is 2.11 bits per heavy atom. The number of nitrogens with zero attached hydrogens (tertiary/aromatic N) is 1. The highest BCUT2D eigenvalue weighted by atomic mass is 16.4. The van der Waals surface area contributed by atoms with Gasteiger partial charge in [-0.3, -0.25) is 19.9 Å². The van der Waals surface area contributed by atoms with Gasteiger partial charge in [-0.15, -0.1) is 0 Å². The van der Waals surface area contributed by atoms with Crippen molar-refractivity contribution in [1.29, 1.82) is 0 Å². The molecule has 0 aliphatic heterocycles. The molecule has 2 heterocycles. The third kappa shape index (κ3) is 3.67. The molecule has 6 heteroatoms. The molecule has 0 radical (unpaired) electrons. The summed E-state index contributed by atoms with van der Waals surface area (Å²) in [6.45, 7) is 1.68. The molecule has 0 bridgehead atoms. The van der Waals surface area contributed by atoms with Crippen molar-refractivity contribution in [2.75, 3.05) is 5.32 Å². The number of aromatic nitrogens is 1. The Balaban J connectivity index is 1.93. The van der Waals surface area contributed by atoms with Crippen molar-refractivity contribution in [2.45, 2.75) is 13.5 Å². The van der Waals surface area contributed by atoms with Gasteiger partial charge in [-0.05, 0) is 18.2 Å². The number of carbonyl (C=O) groups excluding carboxylic acids is 2. The van der Waals surface area contributed by atoms with Crippen LogP contribution in [0.15, 0.2) is 40.9 Å². The molecule has 2 rings (SSSR count). The molecule has 6 nitrogen and oxygen atoms in total. The Morgan fingerprint density at radius 1 is 1.26 bits per heavy atom. The van der Waals surface area contributed by atoms with Crippen LogP contribution in [0, 0.1) is 0 Å². The maximum atomic E-state index is 11.8. The van der Waals surface area contributed by atoms with E-state index in [1.165, 1.54) is 19.1 Å². The van der Waals surface area contributed by atoms with E-state index in [1.54, 1.807) is 12.3 Å². The predicted octanol–water partition coefficient (Wildman–Crippen LogP) is 1.56. The summed E-state index contributed by atoms with van der Waals surface area (Å²) in [5.74, 6) is -0.229. The van der Waals surface area contributed by atoms with Gasteiger partial charge in [-0.25, -0.2) is 0 Å². The second-order valence-corrected chi connectivity index (χ2v) is 3.85. The maximum absolute atomic E-state index is 11.8. The quantitative estimate of drug-likeness (QED) is 0.872. The van der Waals surface area contributed by atoms with E-state index in [0.717, 1.165) is 5.69 Å². The smallest absolute Gasteiger partial charge is 0.287 e. The van der Waals surface area contributed by atoms with E-state index in [9.17, 15) is 9.59 Å². The Kier molecular flexibility index (Phi) is 3.92. The fraction of sp³-hybridized carbons (Fsp3) is 0.154. The van der Waals surface area contributed by atoms with Crippen molar-refractivity contribution in [3.63, 3.8) is 0 Å². The molecular weight excluding hydrogens is 246 g/mol. The van der Waals surface area contributed by atoms with Gasteiger partial charge in [-0.2, -0.15) is 0 Å². The second kappa shape index (κ2) is 5.81. The summed E-state index contributed by atoms with van der Waals surface area (Å²) in [7, 11) is 0. The first-order valence-corrected chi connectivity index (χ1v) is 5.70. The lowest BCUT2D eigenvalue weighted by Crippen LogP contribution is -2.22. The zero-order valence-electron chi connectivity index (χ0n) is 10.3. The standard InChI is InChI=1S/C13H13N3O3/c1-9(17)16-12-6-5-11(19-12)13(18)15-8-10-4-2-3-7-14-10/h2-7H,8H2,1H3,(H,15,18)(H,16,17). The maximum Gasteiger partial charge on any atom is 0.287 e. The summed E-state index contributed by atoms with van der Waals surface area (Å²) in [6, 6.07) is 8.48. The van der Waals surface area contributed by atoms with Gasteiger partial charge >= 0.3 is 0 Å². The molecule has 0 unspecified atom stereocenters. The van der Waals surface area contributed by atoms with Crippen LogP contribution in [-0.2, 0) is 11.3 Å². The molecule has 0 fully saturated rings. The van der Waals surface area contributed by atoms with Crippen molar-refractivity contribution in [3.05, 3.63) is 48.0 Å². The van der Waals surface area contributed by atoms with Gasteiger partial charge in [0.05, 0.1) is 12.2 Å². The number of amides is 2. The fourth-order valence-corrected chi connectivity index (χ4v) is 1.46. The summed E-state index contributed by atoms with van der Waals surface area (Å²) in [4.78, 5) is 26.7. The highest BCUT2D eigenvalue weighted by molar-refractivity contribution is 5.93. The van der Waals surface area contributed by atoms with E-state index in [1.807, 2.05) is 12.1 Å². The van der Waals surface area contributed by atoms with E-state index in [0.29, 0.717) is 6.54 Å². The predicted molar refractivity (Wildman–Crippen MR) is 68.4 cm³/mol. The van der Waals surface area contributed by atoms with Crippen LogP contribution in [0.4, 0.5) is 5.88 Å². The first-order valence-electron chi connectivity index (χ1n) is 5.70. The minimum Gasteiger partial charge on any atom is -0.435 e. The van der Waals surface area contributed by atoms with Crippen LogP contribution >= 0.6 is 0 Å². The minimum atomic E-state index is -0.359. The Hall–Kier alpha value is -2.63. The van der Waals surface area contributed by atoms with Crippen LogP contribution in [0.2, 0.25) is 0 Å². The minimum absolute atomic E-state index is 0.139. The Bertz CT molecular complexity index is 578. The molecule has 2 aromatic heterocycles. The van der Waals surface area contributed by atoms with E-state index >= 15 is 0 Å². The zero-order chi connectivity index (χ0) is 13.7. The van der Waals surface area contributed by atoms with Gasteiger partial charge in [0.25, 0.3) is 5.91 Å². The number of rotatable bonds is 4. The molecule has 2 amide bonds. The molecule has 0 saturated carbocycles. The Labute approximate surface area is 109 Å². The first kappa shape index (κ1) is 12.8. The van der Waals surface area contributed by atoms with Crippen LogP contribution in [0.3, 0.4) is 0 Å². The lowest BCUT2D eigenvalue weighted by Gasteiger charge is -2.02. The van der Waals surface area contributed by atoms with Gasteiger partial charge in [0.15, 0.2) is 11.6 Å². The summed E-state index contributed by atoms with van der Waals surface area (Å²) in [6.07, 6.45) is 1.66. The second-order valence-electron chi connectivity index (χ2n) is 3.85. The van der Waals surface area contributed by atoms with E-state index < -0.39 is 0 Å². The van der Waals surface area contributed by atoms with Crippen molar-refractivity contribution >= 4 is 17.7 Å². The van der Waals surface area contributed by atoms with Gasteiger partial charge < -0.3 is 9.73 Å². The molecule has 0 atom stereocenters. The average Bonchev–Trinajstić information content (AvgIpc) is 2.85. The highest BCUT2D eigenvalue weighted by Crippen LogP contribution is 2.13. The number of hydrogen-bond acceptors (Lipinski definition) is 4. The van der Waals surface area contributed by atoms with Crippen molar-refractivity contribution in [2.24, 2.45) is 0 Å². The monoisotopic (exact) mass is 259 g/mol. The molecule has 2 aromatic rings. The third-order valence-corrected chi connectivity index (χ3v) is 2.29. The molecular formula is C13H13N3O3. The van der Waals surface area contributed by atoms with Gasteiger partial charge in [0.2, 0.25) is 5.91 Å².